The molecule has 0 fully saturated rings. The van der Waals surface area contributed by atoms with E-state index in [2.05, 4.69) is 12.2 Å². The first-order valence-electron chi connectivity index (χ1n) is 6.73. The van der Waals surface area contributed by atoms with Crippen molar-refractivity contribution in [1.29, 1.82) is 0 Å². The number of rotatable bonds is 6. The number of hydrogen-bond donors (Lipinski definition) is 1. The van der Waals surface area contributed by atoms with Crippen molar-refractivity contribution in [2.24, 2.45) is 0 Å². The molecule has 0 bridgehead atoms. The van der Waals surface area contributed by atoms with Gasteiger partial charge >= 0.3 is 0 Å². The third-order valence-electron chi connectivity index (χ3n) is 3.05. The molecule has 1 atom stereocenters. The Morgan fingerprint density at radius 1 is 1.30 bits per heavy atom. The van der Waals surface area contributed by atoms with E-state index in [-0.39, 0.29) is 18.6 Å². The number of aryl methyl sites for hydroxylation is 1. The number of carbonyl (C=O) groups is 1. The molecule has 1 amide bonds. The summed E-state index contributed by atoms with van der Waals surface area (Å²) in [5.41, 5.74) is 1.26. The lowest BCUT2D eigenvalue weighted by molar-refractivity contribution is -0.123. The SMILES string of the molecule is CCc1ccc(OCC(=O)NC(C)c2cccs2)cc1. The van der Waals surface area contributed by atoms with Gasteiger partial charge in [-0.15, -0.1) is 11.3 Å². The molecule has 2 aromatic rings. The Balaban J connectivity index is 1.79. The van der Waals surface area contributed by atoms with Crippen molar-refractivity contribution in [1.82, 2.24) is 5.32 Å². The van der Waals surface area contributed by atoms with Crippen molar-refractivity contribution in [3.8, 4) is 5.75 Å². The molecule has 0 aliphatic rings. The molecule has 2 rings (SSSR count). The normalized spacial score (nSPS) is 11.9. The first-order chi connectivity index (χ1) is 9.69. The van der Waals surface area contributed by atoms with E-state index >= 15 is 0 Å². The molecule has 1 aromatic heterocycles. The van der Waals surface area contributed by atoms with Crippen molar-refractivity contribution in [2.75, 3.05) is 6.61 Å². The number of thiophene rings is 1. The van der Waals surface area contributed by atoms with Crippen molar-refractivity contribution in [2.45, 2.75) is 26.3 Å². The zero-order valence-corrected chi connectivity index (χ0v) is 12.6. The highest BCUT2D eigenvalue weighted by Gasteiger charge is 2.10. The van der Waals surface area contributed by atoms with Gasteiger partial charge in [0.15, 0.2) is 6.61 Å². The molecule has 20 heavy (non-hydrogen) atoms. The maximum atomic E-state index is 11.8. The van der Waals surface area contributed by atoms with Gasteiger partial charge in [-0.3, -0.25) is 4.79 Å². The van der Waals surface area contributed by atoms with E-state index in [4.69, 9.17) is 4.74 Å². The van der Waals surface area contributed by atoms with E-state index in [1.807, 2.05) is 48.7 Å². The summed E-state index contributed by atoms with van der Waals surface area (Å²) in [6.07, 6.45) is 0.999. The smallest absolute Gasteiger partial charge is 0.258 e. The van der Waals surface area contributed by atoms with Crippen LogP contribution in [0, 0.1) is 0 Å². The Morgan fingerprint density at radius 2 is 2.05 bits per heavy atom. The van der Waals surface area contributed by atoms with Gasteiger partial charge in [0, 0.05) is 4.88 Å². The molecular weight excluding hydrogens is 270 g/mol. The fourth-order valence-corrected chi connectivity index (χ4v) is 2.60. The predicted octanol–water partition coefficient (Wildman–Crippen LogP) is 3.57. The molecule has 0 spiro atoms. The number of amides is 1. The van der Waals surface area contributed by atoms with E-state index in [1.165, 1.54) is 5.56 Å². The van der Waals surface area contributed by atoms with Crippen LogP contribution in [0.3, 0.4) is 0 Å². The van der Waals surface area contributed by atoms with E-state index in [0.29, 0.717) is 0 Å². The Bertz CT molecular complexity index is 534. The summed E-state index contributed by atoms with van der Waals surface area (Å²) in [7, 11) is 0. The second kappa shape index (κ2) is 7.10. The first-order valence-corrected chi connectivity index (χ1v) is 7.61. The van der Waals surface area contributed by atoms with E-state index in [0.717, 1.165) is 17.0 Å². The molecule has 3 nitrogen and oxygen atoms in total. The average molecular weight is 289 g/mol. The summed E-state index contributed by atoms with van der Waals surface area (Å²) in [6.45, 7) is 4.12. The van der Waals surface area contributed by atoms with Crippen LogP contribution < -0.4 is 10.1 Å². The molecule has 1 aromatic carbocycles. The molecule has 106 valence electrons. The second-order valence-electron chi connectivity index (χ2n) is 4.59. The summed E-state index contributed by atoms with van der Waals surface area (Å²) in [6, 6.07) is 11.8. The van der Waals surface area contributed by atoms with Crippen molar-refractivity contribution < 1.29 is 9.53 Å². The quantitative estimate of drug-likeness (QED) is 0.883. The lowest BCUT2D eigenvalue weighted by atomic mass is 10.2. The third-order valence-corrected chi connectivity index (χ3v) is 4.10. The first kappa shape index (κ1) is 14.6. The van der Waals surface area contributed by atoms with Crippen molar-refractivity contribution in [3.05, 3.63) is 52.2 Å². The summed E-state index contributed by atoms with van der Waals surface area (Å²) < 4.78 is 5.48. The zero-order valence-electron chi connectivity index (χ0n) is 11.8. The lowest BCUT2D eigenvalue weighted by Gasteiger charge is -2.13. The third kappa shape index (κ3) is 4.10. The Kier molecular flexibility index (Phi) is 5.18. The van der Waals surface area contributed by atoms with Crippen LogP contribution in [0.1, 0.15) is 30.3 Å². The Morgan fingerprint density at radius 3 is 2.65 bits per heavy atom. The van der Waals surface area contributed by atoms with Crippen LogP contribution >= 0.6 is 11.3 Å². The highest BCUT2D eigenvalue weighted by molar-refractivity contribution is 7.10. The van der Waals surface area contributed by atoms with Gasteiger partial charge in [-0.05, 0) is 42.5 Å². The van der Waals surface area contributed by atoms with Crippen molar-refractivity contribution >= 4 is 17.2 Å². The van der Waals surface area contributed by atoms with Gasteiger partial charge in [-0.2, -0.15) is 0 Å². The van der Waals surface area contributed by atoms with E-state index < -0.39 is 0 Å². The van der Waals surface area contributed by atoms with Crippen LogP contribution in [-0.4, -0.2) is 12.5 Å². The standard InChI is InChI=1S/C16H19NO2S/c1-3-13-6-8-14(9-7-13)19-11-16(18)17-12(2)15-5-4-10-20-15/h4-10,12H,3,11H2,1-2H3,(H,17,18). The van der Waals surface area contributed by atoms with E-state index in [9.17, 15) is 4.79 Å². The van der Waals surface area contributed by atoms with Gasteiger partial charge in [0.1, 0.15) is 5.75 Å². The van der Waals surface area contributed by atoms with Crippen LogP contribution in [-0.2, 0) is 11.2 Å². The van der Waals surface area contributed by atoms with Gasteiger partial charge in [-0.1, -0.05) is 25.1 Å². The number of nitrogens with one attached hydrogen (secondary N) is 1. The second-order valence-corrected chi connectivity index (χ2v) is 5.57. The van der Waals surface area contributed by atoms with Crippen molar-refractivity contribution in [3.63, 3.8) is 0 Å². The average Bonchev–Trinajstić information content (AvgIpc) is 3.00. The molecule has 1 heterocycles. The molecule has 1 unspecified atom stereocenters. The van der Waals surface area contributed by atoms with Crippen LogP contribution in [0.15, 0.2) is 41.8 Å². The van der Waals surface area contributed by atoms with Gasteiger partial charge in [0.05, 0.1) is 6.04 Å². The topological polar surface area (TPSA) is 38.3 Å². The minimum atomic E-state index is -0.106. The molecule has 1 N–H and O–H groups in total. The van der Waals surface area contributed by atoms with Gasteiger partial charge in [0.25, 0.3) is 5.91 Å². The predicted molar refractivity (Wildman–Crippen MR) is 82.2 cm³/mol. The number of ether oxygens (including phenoxy) is 1. The number of hydrogen-bond acceptors (Lipinski definition) is 3. The Labute approximate surface area is 123 Å². The minimum Gasteiger partial charge on any atom is -0.484 e. The number of benzene rings is 1. The maximum Gasteiger partial charge on any atom is 0.258 e. The minimum absolute atomic E-state index is 0.0218. The fraction of sp³-hybridized carbons (Fsp3) is 0.312. The van der Waals surface area contributed by atoms with Gasteiger partial charge < -0.3 is 10.1 Å². The summed E-state index contributed by atoms with van der Waals surface area (Å²) in [5.74, 6) is 0.617. The summed E-state index contributed by atoms with van der Waals surface area (Å²) in [4.78, 5) is 13.0. The van der Waals surface area contributed by atoms with Crippen LogP contribution in [0.2, 0.25) is 0 Å². The molecule has 0 radical (unpaired) electrons. The lowest BCUT2D eigenvalue weighted by Crippen LogP contribution is -2.30. The molecule has 0 aliphatic carbocycles. The fourth-order valence-electron chi connectivity index (χ4n) is 1.86. The maximum absolute atomic E-state index is 11.8. The number of carbonyl (C=O) groups excluding carboxylic acids is 1. The molecule has 0 saturated carbocycles. The Hall–Kier alpha value is -1.81. The van der Waals surface area contributed by atoms with Crippen LogP contribution in [0.4, 0.5) is 0 Å². The van der Waals surface area contributed by atoms with E-state index in [1.54, 1.807) is 11.3 Å². The zero-order chi connectivity index (χ0) is 14.4. The highest BCUT2D eigenvalue weighted by Crippen LogP contribution is 2.18. The summed E-state index contributed by atoms with van der Waals surface area (Å²) >= 11 is 1.64. The summed E-state index contributed by atoms with van der Waals surface area (Å²) in [5, 5.41) is 4.93. The monoisotopic (exact) mass is 289 g/mol. The van der Waals surface area contributed by atoms with Crippen LogP contribution in [0.25, 0.3) is 0 Å². The molecule has 0 saturated heterocycles. The molecule has 0 aliphatic heterocycles. The largest absolute Gasteiger partial charge is 0.484 e. The highest BCUT2D eigenvalue weighted by atomic mass is 32.1. The molecular formula is C16H19NO2S. The van der Waals surface area contributed by atoms with Gasteiger partial charge in [0.2, 0.25) is 0 Å². The molecule has 4 heteroatoms. The van der Waals surface area contributed by atoms with Gasteiger partial charge in [-0.25, -0.2) is 0 Å². The van der Waals surface area contributed by atoms with Crippen LogP contribution in [0.5, 0.6) is 5.75 Å².